The van der Waals surface area contributed by atoms with Gasteiger partial charge in [0.05, 0.1) is 32.8 Å². The molecule has 0 saturated heterocycles. The van der Waals surface area contributed by atoms with Gasteiger partial charge in [0.15, 0.2) is 0 Å². The van der Waals surface area contributed by atoms with Crippen LogP contribution in [0.2, 0.25) is 0 Å². The second kappa shape index (κ2) is 10.4. The van der Waals surface area contributed by atoms with Gasteiger partial charge in [-0.05, 0) is 68.8 Å². The summed E-state index contributed by atoms with van der Waals surface area (Å²) in [6.07, 6.45) is 0. The first-order valence-electron chi connectivity index (χ1n) is 17.0. The number of benzene rings is 6. The average molecular weight is 637 g/mol. The zero-order valence-electron chi connectivity index (χ0n) is 26.9. The molecule has 50 heavy (non-hydrogen) atoms. The molecule has 2 aliphatic rings. The molecule has 9 aromatic rings. The molecule has 3 heterocycles. The second-order valence-corrected chi connectivity index (χ2v) is 13.1. The lowest BCUT2D eigenvalue weighted by Crippen LogP contribution is -2.20. The van der Waals surface area contributed by atoms with E-state index in [1.165, 1.54) is 44.5 Å². The summed E-state index contributed by atoms with van der Waals surface area (Å²) >= 11 is 0. The van der Waals surface area contributed by atoms with Crippen molar-refractivity contribution in [3.63, 3.8) is 0 Å². The number of pyridine rings is 2. The van der Waals surface area contributed by atoms with Gasteiger partial charge in [-0.25, -0.2) is 9.97 Å². The first-order valence-corrected chi connectivity index (χ1v) is 17.0. The van der Waals surface area contributed by atoms with E-state index in [4.69, 9.17) is 9.97 Å². The first kappa shape index (κ1) is 27.2. The van der Waals surface area contributed by atoms with E-state index >= 15 is 0 Å². The van der Waals surface area contributed by atoms with Gasteiger partial charge in [-0.3, -0.25) is 0 Å². The SMILES string of the molecule is c1ccc2c(c1)C(=c1[nH]c3cc4ccccc4nc3c(=C3c4ccccc4-c4ccccc43)[nH]c3cc4ccccc4nc13)c1ccccc1-2. The van der Waals surface area contributed by atoms with Crippen molar-refractivity contribution in [3.05, 3.63) is 191 Å². The van der Waals surface area contributed by atoms with E-state index in [1.54, 1.807) is 0 Å². The van der Waals surface area contributed by atoms with Gasteiger partial charge >= 0.3 is 0 Å². The maximum Gasteiger partial charge on any atom is 0.111 e. The highest BCUT2D eigenvalue weighted by Crippen LogP contribution is 2.44. The van der Waals surface area contributed by atoms with E-state index in [1.807, 2.05) is 0 Å². The minimum absolute atomic E-state index is 0.863. The highest BCUT2D eigenvalue weighted by atomic mass is 14.8. The van der Waals surface area contributed by atoms with Crippen LogP contribution < -0.4 is 10.7 Å². The van der Waals surface area contributed by atoms with Crippen molar-refractivity contribution in [2.75, 3.05) is 0 Å². The molecule has 0 saturated carbocycles. The van der Waals surface area contributed by atoms with Crippen LogP contribution in [0.15, 0.2) is 158 Å². The number of hydrogen-bond donors (Lipinski definition) is 2. The fourth-order valence-corrected chi connectivity index (χ4v) is 8.13. The summed E-state index contributed by atoms with van der Waals surface area (Å²) in [5.41, 5.74) is 17.4. The third-order valence-electron chi connectivity index (χ3n) is 10.3. The smallest absolute Gasteiger partial charge is 0.111 e. The van der Waals surface area contributed by atoms with E-state index < -0.39 is 0 Å². The summed E-state index contributed by atoms with van der Waals surface area (Å²) in [5.74, 6) is 0. The van der Waals surface area contributed by atoms with Gasteiger partial charge in [0.1, 0.15) is 11.0 Å². The third-order valence-corrected chi connectivity index (χ3v) is 10.3. The van der Waals surface area contributed by atoms with Crippen molar-refractivity contribution >= 4 is 55.0 Å². The third kappa shape index (κ3) is 3.87. The van der Waals surface area contributed by atoms with Crippen LogP contribution in [0.25, 0.3) is 77.3 Å². The Hall–Kier alpha value is -6.78. The van der Waals surface area contributed by atoms with Gasteiger partial charge in [0.25, 0.3) is 0 Å². The van der Waals surface area contributed by atoms with Gasteiger partial charge in [0, 0.05) is 21.9 Å². The summed E-state index contributed by atoms with van der Waals surface area (Å²) in [7, 11) is 0. The number of H-pyrrole nitrogens is 2. The van der Waals surface area contributed by atoms with Gasteiger partial charge in [-0.1, -0.05) is 133 Å². The molecule has 0 amide bonds. The molecule has 0 fully saturated rings. The summed E-state index contributed by atoms with van der Waals surface area (Å²) in [6, 6.07) is 56.0. The molecule has 4 heteroatoms. The van der Waals surface area contributed by atoms with Crippen molar-refractivity contribution in [1.29, 1.82) is 0 Å². The molecular weight excluding hydrogens is 609 g/mol. The van der Waals surface area contributed by atoms with Gasteiger partial charge in [-0.2, -0.15) is 0 Å². The molecule has 11 rings (SSSR count). The van der Waals surface area contributed by atoms with Crippen LogP contribution in [-0.4, -0.2) is 19.9 Å². The van der Waals surface area contributed by atoms with Crippen molar-refractivity contribution in [3.8, 4) is 22.3 Å². The largest absolute Gasteiger partial charge is 0.351 e. The Balaban J connectivity index is 1.46. The summed E-state index contributed by atoms with van der Waals surface area (Å²) in [6.45, 7) is 0. The topological polar surface area (TPSA) is 57.4 Å². The number of para-hydroxylation sites is 2. The molecule has 0 radical (unpaired) electrons. The number of fused-ring (bicyclic) bond motifs is 10. The Bertz CT molecular complexity index is 2800. The van der Waals surface area contributed by atoms with Crippen molar-refractivity contribution < 1.29 is 0 Å². The van der Waals surface area contributed by atoms with E-state index in [-0.39, 0.29) is 0 Å². The maximum absolute atomic E-state index is 5.45. The van der Waals surface area contributed by atoms with Crippen LogP contribution in [0.5, 0.6) is 0 Å². The highest BCUT2D eigenvalue weighted by Gasteiger charge is 2.26. The average Bonchev–Trinajstić information content (AvgIpc) is 3.68. The van der Waals surface area contributed by atoms with Crippen molar-refractivity contribution in [1.82, 2.24) is 19.9 Å². The fraction of sp³-hybridized carbons (Fsp3) is 0. The molecule has 0 unspecified atom stereocenters. The van der Waals surface area contributed by atoms with Crippen LogP contribution in [0.4, 0.5) is 0 Å². The number of hydrogen-bond acceptors (Lipinski definition) is 2. The van der Waals surface area contributed by atoms with E-state index in [0.717, 1.165) is 65.7 Å². The quantitative estimate of drug-likeness (QED) is 0.174. The standard InChI is InChI=1S/C46H28N4/c1-11-23-37-27(13-1)25-39-43(47-37)45(41-33-19-7-3-15-29(33)30-16-4-8-20-34(30)41)50-40-26-28-14-2-12-24-38(28)48-44(40)46(49-39)42-35-21-9-5-17-31(35)32-18-6-10-22-36(32)42/h1-26,49-50H. The van der Waals surface area contributed by atoms with Crippen LogP contribution >= 0.6 is 0 Å². The Morgan fingerprint density at radius 3 is 0.980 bits per heavy atom. The van der Waals surface area contributed by atoms with E-state index in [2.05, 4.69) is 168 Å². The predicted molar refractivity (Wildman–Crippen MR) is 205 cm³/mol. The Morgan fingerprint density at radius 1 is 0.320 bits per heavy atom. The van der Waals surface area contributed by atoms with Crippen LogP contribution in [0.1, 0.15) is 22.3 Å². The summed E-state index contributed by atoms with van der Waals surface area (Å²) < 4.78 is 0. The molecule has 232 valence electrons. The lowest BCUT2D eigenvalue weighted by Gasteiger charge is -2.11. The zero-order chi connectivity index (χ0) is 32.8. The van der Waals surface area contributed by atoms with Crippen LogP contribution in [0, 0.1) is 0 Å². The van der Waals surface area contributed by atoms with E-state index in [9.17, 15) is 0 Å². The number of nitrogens with zero attached hydrogens (tertiary/aromatic N) is 2. The molecule has 0 spiro atoms. The lowest BCUT2D eigenvalue weighted by molar-refractivity contribution is 1.24. The van der Waals surface area contributed by atoms with Crippen molar-refractivity contribution in [2.24, 2.45) is 0 Å². The first-order chi connectivity index (χ1) is 24.8. The predicted octanol–water partition coefficient (Wildman–Crippen LogP) is 9.33. The molecule has 3 aromatic heterocycles. The summed E-state index contributed by atoms with van der Waals surface area (Å²) in [4.78, 5) is 18.9. The minimum Gasteiger partial charge on any atom is -0.351 e. The Morgan fingerprint density at radius 2 is 0.620 bits per heavy atom. The molecule has 0 atom stereocenters. The Kier molecular flexibility index (Phi) is 5.63. The zero-order valence-corrected chi connectivity index (χ0v) is 26.9. The lowest BCUT2D eigenvalue weighted by atomic mass is 10.0. The minimum atomic E-state index is 0.863. The summed E-state index contributed by atoms with van der Waals surface area (Å²) in [5, 5.41) is 4.04. The van der Waals surface area contributed by atoms with Gasteiger partial charge < -0.3 is 9.97 Å². The number of nitrogens with one attached hydrogen (secondary N) is 2. The highest BCUT2D eigenvalue weighted by molar-refractivity contribution is 6.05. The van der Waals surface area contributed by atoms with Gasteiger partial charge in [-0.15, -0.1) is 0 Å². The molecule has 0 bridgehead atoms. The maximum atomic E-state index is 5.45. The number of aromatic nitrogens is 4. The monoisotopic (exact) mass is 636 g/mol. The van der Waals surface area contributed by atoms with Gasteiger partial charge in [0.2, 0.25) is 0 Å². The van der Waals surface area contributed by atoms with Crippen LogP contribution in [0.3, 0.4) is 0 Å². The molecular formula is C46H28N4. The van der Waals surface area contributed by atoms with Crippen molar-refractivity contribution in [2.45, 2.75) is 0 Å². The molecule has 4 nitrogen and oxygen atoms in total. The number of aromatic amines is 2. The molecule has 2 N–H and O–H groups in total. The molecule has 2 aliphatic carbocycles. The van der Waals surface area contributed by atoms with Crippen LogP contribution in [-0.2, 0) is 0 Å². The Labute approximate surface area is 287 Å². The normalized spacial score (nSPS) is 12.7. The van der Waals surface area contributed by atoms with E-state index in [0.29, 0.717) is 0 Å². The molecule has 0 aliphatic heterocycles. The fourth-order valence-electron chi connectivity index (χ4n) is 8.13. The molecule has 6 aromatic carbocycles. The second-order valence-electron chi connectivity index (χ2n) is 13.1. The number of rotatable bonds is 0.